The van der Waals surface area contributed by atoms with E-state index in [1.54, 1.807) is 0 Å². The molecule has 0 saturated carbocycles. The fourth-order valence-corrected chi connectivity index (χ4v) is 8.12. The van der Waals surface area contributed by atoms with Crippen molar-refractivity contribution in [1.82, 2.24) is 14.1 Å². The van der Waals surface area contributed by atoms with E-state index in [4.69, 9.17) is 4.98 Å². The minimum absolute atomic E-state index is 0. The smallest absolute Gasteiger partial charge is 0.128 e. The third-order valence-electron chi connectivity index (χ3n) is 10.5. The number of rotatable bonds is 6. The molecule has 0 aliphatic rings. The topological polar surface area (TPSA) is 63.2 Å². The molecule has 0 unspecified atom stereocenters. The largest absolute Gasteiger partial charge is 0.507 e. The number of nitrogens with zero attached hydrogens (tertiary/aromatic N) is 3. The Morgan fingerprint density at radius 2 is 0.909 bits per heavy atom. The van der Waals surface area contributed by atoms with Crippen LogP contribution in [-0.2, 0) is 49.8 Å². The number of pyridine rings is 1. The second kappa shape index (κ2) is 16.0. The molecule has 0 radical (unpaired) electrons. The van der Waals surface area contributed by atoms with Gasteiger partial charge in [-0.05, 0) is 86.1 Å². The average molecular weight is 899 g/mol. The molecule has 0 amide bonds. The third kappa shape index (κ3) is 7.35. The number of aryl methyl sites for hydroxylation is 4. The second-order valence-corrected chi connectivity index (χ2v) is 16.3. The summed E-state index contributed by atoms with van der Waals surface area (Å²) in [6, 6.07) is 31.7. The molecule has 0 atom stereocenters. The van der Waals surface area contributed by atoms with Gasteiger partial charge >= 0.3 is 0 Å². The molecule has 7 aromatic rings. The fourth-order valence-electron chi connectivity index (χ4n) is 8.12. The van der Waals surface area contributed by atoms with Crippen LogP contribution in [0.15, 0.2) is 91.0 Å². The van der Waals surface area contributed by atoms with E-state index in [1.807, 2.05) is 0 Å². The molecule has 3 aromatic heterocycles. The maximum atomic E-state index is 12.0. The van der Waals surface area contributed by atoms with Crippen LogP contribution < -0.4 is 0 Å². The van der Waals surface area contributed by atoms with E-state index >= 15 is 0 Å². The van der Waals surface area contributed by atoms with Crippen molar-refractivity contribution in [3.05, 3.63) is 128 Å². The minimum Gasteiger partial charge on any atom is -0.507 e. The Kier molecular flexibility index (Phi) is 12.6. The first-order chi connectivity index (χ1) is 24.6. The van der Waals surface area contributed by atoms with Gasteiger partial charge in [0.2, 0.25) is 0 Å². The number of hydrogen-bond donors (Lipinski definition) is 2. The number of aromatic nitrogens is 3. The van der Waals surface area contributed by atoms with Gasteiger partial charge in [0.15, 0.2) is 0 Å². The van der Waals surface area contributed by atoms with Gasteiger partial charge in [0.1, 0.15) is 11.5 Å². The van der Waals surface area contributed by atoms with Crippen molar-refractivity contribution in [1.29, 1.82) is 0 Å². The first-order valence-corrected chi connectivity index (χ1v) is 18.5. The van der Waals surface area contributed by atoms with Crippen LogP contribution in [0.5, 0.6) is 11.5 Å². The first-order valence-electron chi connectivity index (χ1n) is 18.5. The van der Waals surface area contributed by atoms with Crippen LogP contribution in [0.3, 0.4) is 0 Å². The molecule has 3 heterocycles. The molecule has 0 aliphatic carbocycles. The molecule has 55 heavy (non-hydrogen) atoms. The van der Waals surface area contributed by atoms with E-state index in [9.17, 15) is 10.2 Å². The average Bonchev–Trinajstić information content (AvgIpc) is 3.61. The molecular weight excluding hydrogens is 841 g/mol. The molecule has 7 rings (SSSR count). The van der Waals surface area contributed by atoms with Gasteiger partial charge < -0.3 is 34.2 Å². The van der Waals surface area contributed by atoms with E-state index < -0.39 is 0 Å². The molecule has 5 nitrogen and oxygen atoms in total. The monoisotopic (exact) mass is 899 g/mol. The van der Waals surface area contributed by atoms with Gasteiger partial charge in [0, 0.05) is 94.1 Å². The van der Waals surface area contributed by atoms with Crippen LogP contribution in [-0.4, -0.2) is 24.3 Å². The molecule has 0 aliphatic heterocycles. The molecule has 286 valence electrons. The normalized spacial score (nSPS) is 11.7. The van der Waals surface area contributed by atoms with E-state index in [0.717, 1.165) is 102 Å². The summed E-state index contributed by atoms with van der Waals surface area (Å²) in [5, 5.41) is 26.2. The van der Waals surface area contributed by atoms with Gasteiger partial charge in [0.25, 0.3) is 0 Å². The second-order valence-electron chi connectivity index (χ2n) is 16.3. The molecule has 4 aromatic carbocycles. The summed E-state index contributed by atoms with van der Waals surface area (Å²) in [4.78, 5) is 5.54. The van der Waals surface area contributed by atoms with Crippen LogP contribution >= 0.6 is 0 Å². The van der Waals surface area contributed by atoms with Gasteiger partial charge in [-0.2, -0.15) is 0 Å². The molecule has 2 N–H and O–H groups in total. The Morgan fingerprint density at radius 1 is 0.545 bits per heavy atom. The van der Waals surface area contributed by atoms with E-state index in [-0.39, 0.29) is 51.5 Å². The zero-order valence-corrected chi connectivity index (χ0v) is 38.4. The van der Waals surface area contributed by atoms with Crippen molar-refractivity contribution in [2.45, 2.75) is 93.2 Å². The number of benzene rings is 4. The number of fused-ring (bicyclic) bond motifs is 2. The summed E-state index contributed by atoms with van der Waals surface area (Å²) < 4.78 is 4.63. The SMILES string of the molecule is CCn1c(-c2cc(C)cc(C(C)(C)C)c2O)c(-c2cccc(-c3c(-c4cc(C)cc(C(C)(C)C)c4O)n(CC)c4ccccc34)n2)c2ccccc21.[CH3-].[CH3-].[Hf]. The van der Waals surface area contributed by atoms with E-state index in [1.165, 1.54) is 0 Å². The van der Waals surface area contributed by atoms with Gasteiger partial charge in [-0.1, -0.05) is 96.1 Å². The number of phenols is 2. The van der Waals surface area contributed by atoms with E-state index in [0.29, 0.717) is 11.5 Å². The summed E-state index contributed by atoms with van der Waals surface area (Å²) in [5.74, 6) is 0.622. The Balaban J connectivity index is 0.00000224. The Morgan fingerprint density at radius 3 is 1.25 bits per heavy atom. The zero-order chi connectivity index (χ0) is 37.3. The summed E-state index contributed by atoms with van der Waals surface area (Å²) in [6.45, 7) is 22.9. The maximum Gasteiger partial charge on any atom is 0.128 e. The van der Waals surface area contributed by atoms with Gasteiger partial charge in [-0.3, -0.25) is 0 Å². The first kappa shape index (κ1) is 43.3. The Bertz CT molecular complexity index is 2330. The summed E-state index contributed by atoms with van der Waals surface area (Å²) >= 11 is 0. The van der Waals surface area contributed by atoms with Crippen molar-refractivity contribution in [3.63, 3.8) is 0 Å². The molecule has 0 saturated heterocycles. The number of para-hydroxylation sites is 2. The van der Waals surface area contributed by atoms with Crippen molar-refractivity contribution < 1.29 is 36.1 Å². The molecule has 0 spiro atoms. The Labute approximate surface area is 347 Å². The molecule has 6 heteroatoms. The van der Waals surface area contributed by atoms with Crippen molar-refractivity contribution >= 4 is 21.8 Å². The predicted octanol–water partition coefficient (Wildman–Crippen LogP) is 13.2. The van der Waals surface area contributed by atoms with Crippen LogP contribution in [0.4, 0.5) is 0 Å². The standard InChI is InChI=1S/C47H51N3O2.2CH3.Hf/c1-11-49-38-22-15-13-18-30(38)40(42(49)32-24-28(3)26-34(44(32)51)46(5,6)7)36-20-17-21-37(48-36)41-31-19-14-16-23-39(31)50(12-2)43(41)33-25-29(4)27-35(45(33)52)47(8,9)10;;;/h13-27,51-52H,11-12H2,1-10H3;2*1H3;/q;2*-1;. The summed E-state index contributed by atoms with van der Waals surface area (Å²) in [5.41, 5.74) is 13.0. The maximum absolute atomic E-state index is 12.0. The third-order valence-corrected chi connectivity index (χ3v) is 10.5. The van der Waals surface area contributed by atoms with Gasteiger partial charge in [-0.15, -0.1) is 0 Å². The van der Waals surface area contributed by atoms with Crippen LogP contribution in [0.1, 0.15) is 77.6 Å². The van der Waals surface area contributed by atoms with Crippen molar-refractivity contribution in [2.75, 3.05) is 0 Å². The van der Waals surface area contributed by atoms with Gasteiger partial charge in [0.05, 0.1) is 22.8 Å². The molecular formula is C49H57HfN3O2-2. The number of hydrogen-bond acceptors (Lipinski definition) is 3. The van der Waals surface area contributed by atoms with Crippen LogP contribution in [0.25, 0.3) is 66.8 Å². The fraction of sp³-hybridized carbons (Fsp3) is 0.286. The van der Waals surface area contributed by atoms with Crippen LogP contribution in [0.2, 0.25) is 0 Å². The van der Waals surface area contributed by atoms with Gasteiger partial charge in [-0.25, -0.2) is 4.98 Å². The van der Waals surface area contributed by atoms with Crippen molar-refractivity contribution in [3.8, 4) is 56.5 Å². The summed E-state index contributed by atoms with van der Waals surface area (Å²) in [6.07, 6.45) is 0. The quantitative estimate of drug-likeness (QED) is 0.129. The Hall–Kier alpha value is -4.42. The van der Waals surface area contributed by atoms with Crippen molar-refractivity contribution in [2.24, 2.45) is 0 Å². The number of aromatic hydroxyl groups is 2. The van der Waals surface area contributed by atoms with E-state index in [2.05, 4.69) is 169 Å². The molecule has 0 fully saturated rings. The van der Waals surface area contributed by atoms with Crippen LogP contribution in [0, 0.1) is 28.7 Å². The molecule has 0 bridgehead atoms. The number of phenolic OH excluding ortho intramolecular Hbond substituents is 2. The summed E-state index contributed by atoms with van der Waals surface area (Å²) in [7, 11) is 0. The minimum atomic E-state index is -0.246. The zero-order valence-electron chi connectivity index (χ0n) is 34.8. The predicted molar refractivity (Wildman–Crippen MR) is 231 cm³/mol.